The predicted octanol–water partition coefficient (Wildman–Crippen LogP) is 4.42. The number of thiophene rings is 1. The lowest BCUT2D eigenvalue weighted by Gasteiger charge is -2.23. The fourth-order valence-electron chi connectivity index (χ4n) is 3.58. The molecule has 0 radical (unpaired) electrons. The minimum Gasteiger partial charge on any atom is -0.309 e. The number of fused-ring (bicyclic) bond motifs is 1. The molecule has 3 aromatic rings. The molecule has 1 fully saturated rings. The summed E-state index contributed by atoms with van der Waals surface area (Å²) in [4.78, 5) is 23.8. The van der Waals surface area contributed by atoms with Crippen LogP contribution in [-0.2, 0) is 6.54 Å². The van der Waals surface area contributed by atoms with E-state index in [0.29, 0.717) is 5.39 Å². The van der Waals surface area contributed by atoms with Crippen molar-refractivity contribution in [2.45, 2.75) is 38.6 Å². The number of rotatable bonds is 3. The number of hydrogen-bond donors (Lipinski definition) is 1. The molecule has 2 aromatic heterocycles. The molecule has 5 heteroatoms. The van der Waals surface area contributed by atoms with Gasteiger partial charge in [-0.05, 0) is 31.5 Å². The molecule has 25 heavy (non-hydrogen) atoms. The highest BCUT2D eigenvalue weighted by Crippen LogP contribution is 2.30. The maximum atomic E-state index is 12.7. The van der Waals surface area contributed by atoms with Crippen molar-refractivity contribution in [1.82, 2.24) is 14.9 Å². The zero-order valence-corrected chi connectivity index (χ0v) is 15.1. The van der Waals surface area contributed by atoms with Crippen LogP contribution in [0.5, 0.6) is 0 Å². The van der Waals surface area contributed by atoms with Gasteiger partial charge in [0.25, 0.3) is 5.56 Å². The first kappa shape index (κ1) is 16.5. The molecule has 0 spiro atoms. The summed E-state index contributed by atoms with van der Waals surface area (Å²) in [7, 11) is 0. The van der Waals surface area contributed by atoms with Gasteiger partial charge in [-0.3, -0.25) is 9.69 Å². The van der Waals surface area contributed by atoms with E-state index in [9.17, 15) is 4.79 Å². The van der Waals surface area contributed by atoms with Gasteiger partial charge in [-0.2, -0.15) is 0 Å². The Morgan fingerprint density at radius 1 is 1.04 bits per heavy atom. The average Bonchev–Trinajstić information content (AvgIpc) is 3.02. The van der Waals surface area contributed by atoms with Gasteiger partial charge in [0.1, 0.15) is 10.7 Å². The minimum absolute atomic E-state index is 0.0212. The maximum absolute atomic E-state index is 12.7. The van der Waals surface area contributed by atoms with Crippen molar-refractivity contribution in [2.24, 2.45) is 0 Å². The summed E-state index contributed by atoms with van der Waals surface area (Å²) in [5, 5.41) is 2.76. The van der Waals surface area contributed by atoms with E-state index < -0.39 is 0 Å². The van der Waals surface area contributed by atoms with Crippen molar-refractivity contribution in [1.29, 1.82) is 0 Å². The van der Waals surface area contributed by atoms with Crippen LogP contribution in [0.4, 0.5) is 0 Å². The van der Waals surface area contributed by atoms with Crippen molar-refractivity contribution in [3.8, 4) is 11.1 Å². The summed E-state index contributed by atoms with van der Waals surface area (Å²) in [6.45, 7) is 2.94. The molecule has 4 rings (SSSR count). The van der Waals surface area contributed by atoms with E-state index in [-0.39, 0.29) is 5.56 Å². The second-order valence-electron chi connectivity index (χ2n) is 6.75. The van der Waals surface area contributed by atoms with E-state index in [1.807, 2.05) is 35.7 Å². The van der Waals surface area contributed by atoms with Gasteiger partial charge in [0.05, 0.1) is 11.9 Å². The van der Waals surface area contributed by atoms with Crippen LogP contribution < -0.4 is 5.56 Å². The van der Waals surface area contributed by atoms with Gasteiger partial charge in [-0.15, -0.1) is 11.3 Å². The normalized spacial score (nSPS) is 16.6. The Hall–Kier alpha value is -1.98. The third-order valence-electron chi connectivity index (χ3n) is 4.90. The SMILES string of the molecule is O=c1[nH]c(CN2CCCCCCC2)nc2scc(-c3ccccc3)c12. The molecule has 0 aliphatic carbocycles. The Labute approximate surface area is 151 Å². The van der Waals surface area contributed by atoms with Gasteiger partial charge in [0.15, 0.2) is 0 Å². The standard InChI is InChI=1S/C20H23N3OS/c24-19-18-16(15-9-5-4-6-10-15)14-25-20(18)22-17(21-19)13-23-11-7-2-1-3-8-12-23/h4-6,9-10,14H,1-3,7-8,11-13H2,(H,21,22,24). The number of benzene rings is 1. The zero-order valence-electron chi connectivity index (χ0n) is 14.3. The van der Waals surface area contributed by atoms with Crippen LogP contribution in [0.1, 0.15) is 37.9 Å². The number of hydrogen-bond acceptors (Lipinski definition) is 4. The Balaban J connectivity index is 1.63. The van der Waals surface area contributed by atoms with Crippen molar-refractivity contribution >= 4 is 21.6 Å². The molecule has 0 atom stereocenters. The Kier molecular flexibility index (Phi) is 4.95. The molecular weight excluding hydrogens is 330 g/mol. The average molecular weight is 353 g/mol. The molecule has 0 amide bonds. The van der Waals surface area contributed by atoms with E-state index in [0.717, 1.165) is 41.4 Å². The van der Waals surface area contributed by atoms with Crippen molar-refractivity contribution in [3.63, 3.8) is 0 Å². The predicted molar refractivity (Wildman–Crippen MR) is 104 cm³/mol. The molecule has 4 nitrogen and oxygen atoms in total. The molecule has 1 N–H and O–H groups in total. The number of likely N-dealkylation sites (tertiary alicyclic amines) is 1. The largest absolute Gasteiger partial charge is 0.309 e. The van der Waals surface area contributed by atoms with E-state index in [2.05, 4.69) is 9.88 Å². The van der Waals surface area contributed by atoms with Crippen molar-refractivity contribution < 1.29 is 0 Å². The number of nitrogens with one attached hydrogen (secondary N) is 1. The lowest BCUT2D eigenvalue weighted by molar-refractivity contribution is 0.234. The Morgan fingerprint density at radius 3 is 2.52 bits per heavy atom. The number of H-pyrrole nitrogens is 1. The van der Waals surface area contributed by atoms with Gasteiger partial charge in [0.2, 0.25) is 0 Å². The lowest BCUT2D eigenvalue weighted by Crippen LogP contribution is -2.28. The molecule has 0 bridgehead atoms. The van der Waals surface area contributed by atoms with Crippen LogP contribution in [0, 0.1) is 0 Å². The molecule has 1 aromatic carbocycles. The van der Waals surface area contributed by atoms with E-state index >= 15 is 0 Å². The molecule has 1 aliphatic rings. The number of aromatic amines is 1. The van der Waals surface area contributed by atoms with Gasteiger partial charge < -0.3 is 4.98 Å². The van der Waals surface area contributed by atoms with Crippen molar-refractivity contribution in [2.75, 3.05) is 13.1 Å². The Morgan fingerprint density at radius 2 is 1.76 bits per heavy atom. The molecular formula is C20H23N3OS. The van der Waals surface area contributed by atoms with Gasteiger partial charge in [-0.25, -0.2) is 4.98 Å². The molecule has 0 saturated carbocycles. The highest BCUT2D eigenvalue weighted by atomic mass is 32.1. The fraction of sp³-hybridized carbons (Fsp3) is 0.400. The first-order valence-electron chi connectivity index (χ1n) is 9.09. The highest BCUT2D eigenvalue weighted by Gasteiger charge is 2.15. The minimum atomic E-state index is -0.0212. The summed E-state index contributed by atoms with van der Waals surface area (Å²) in [6, 6.07) is 10.1. The summed E-state index contributed by atoms with van der Waals surface area (Å²) >= 11 is 1.56. The zero-order chi connectivity index (χ0) is 17.1. The number of aromatic nitrogens is 2. The number of nitrogens with zero attached hydrogens (tertiary/aromatic N) is 2. The lowest BCUT2D eigenvalue weighted by atomic mass is 10.1. The smallest absolute Gasteiger partial charge is 0.260 e. The molecule has 130 valence electrons. The molecule has 1 saturated heterocycles. The summed E-state index contributed by atoms with van der Waals surface area (Å²) in [6.07, 6.45) is 6.45. The first-order chi connectivity index (χ1) is 12.3. The second kappa shape index (κ2) is 7.50. The summed E-state index contributed by atoms with van der Waals surface area (Å²) in [5.74, 6) is 0.791. The third-order valence-corrected chi connectivity index (χ3v) is 5.77. The quantitative estimate of drug-likeness (QED) is 0.758. The molecule has 0 unspecified atom stereocenters. The van der Waals surface area contributed by atoms with Crippen LogP contribution in [0.15, 0.2) is 40.5 Å². The van der Waals surface area contributed by atoms with E-state index in [1.54, 1.807) is 11.3 Å². The summed E-state index contributed by atoms with van der Waals surface area (Å²) < 4.78 is 0. The van der Waals surface area contributed by atoms with Gasteiger partial charge in [-0.1, -0.05) is 49.6 Å². The summed E-state index contributed by atoms with van der Waals surface area (Å²) in [5.41, 5.74) is 2.02. The van der Waals surface area contributed by atoms with Crippen LogP contribution in [0.3, 0.4) is 0 Å². The monoisotopic (exact) mass is 353 g/mol. The van der Waals surface area contributed by atoms with Crippen LogP contribution >= 0.6 is 11.3 Å². The Bertz CT molecular complexity index is 892. The third kappa shape index (κ3) is 3.67. The van der Waals surface area contributed by atoms with Crippen LogP contribution in [0.2, 0.25) is 0 Å². The van der Waals surface area contributed by atoms with Crippen molar-refractivity contribution in [3.05, 3.63) is 51.9 Å². The molecule has 1 aliphatic heterocycles. The molecule has 3 heterocycles. The van der Waals surface area contributed by atoms with E-state index in [4.69, 9.17) is 4.98 Å². The van der Waals surface area contributed by atoms with Gasteiger partial charge in [0, 0.05) is 10.9 Å². The second-order valence-corrected chi connectivity index (χ2v) is 7.61. The first-order valence-corrected chi connectivity index (χ1v) is 9.97. The van der Waals surface area contributed by atoms with Crippen LogP contribution in [0.25, 0.3) is 21.3 Å². The van der Waals surface area contributed by atoms with E-state index in [1.165, 1.54) is 32.1 Å². The van der Waals surface area contributed by atoms with Crippen LogP contribution in [-0.4, -0.2) is 28.0 Å². The highest BCUT2D eigenvalue weighted by molar-refractivity contribution is 7.17. The maximum Gasteiger partial charge on any atom is 0.260 e. The van der Waals surface area contributed by atoms with Gasteiger partial charge >= 0.3 is 0 Å². The fourth-order valence-corrected chi connectivity index (χ4v) is 4.55. The topological polar surface area (TPSA) is 49.0 Å².